The minimum Gasteiger partial charge on any atom is -0.332 e. The zero-order valence-electron chi connectivity index (χ0n) is 16.3. The molecule has 0 unspecified atom stereocenters. The van der Waals surface area contributed by atoms with Crippen molar-refractivity contribution >= 4 is 15.9 Å². The van der Waals surface area contributed by atoms with E-state index >= 15 is 0 Å². The molecule has 15 heteroatoms. The minimum atomic E-state index is -3.70. The van der Waals surface area contributed by atoms with Crippen LogP contribution in [0.4, 0.5) is 8.78 Å². The number of primary sulfonamides is 1. The van der Waals surface area contributed by atoms with Crippen LogP contribution in [-0.4, -0.2) is 62.4 Å². The molecule has 3 rings (SSSR count). The Labute approximate surface area is 174 Å². The van der Waals surface area contributed by atoms with Gasteiger partial charge in [0.1, 0.15) is 0 Å². The molecule has 0 aliphatic carbocycles. The van der Waals surface area contributed by atoms with Crippen molar-refractivity contribution in [3.8, 4) is 0 Å². The molecular weight excluding hydrogens is 440 g/mol. The summed E-state index contributed by atoms with van der Waals surface area (Å²) in [5.41, 5.74) is -0.573. The van der Waals surface area contributed by atoms with Gasteiger partial charge in [-0.05, 0) is 12.8 Å². The SMILES string of the molecule is NS(=O)(=O)CCCc1cn(CCC(F)(F)C(=O)N2CCc3[nH]c(=O)[nH]c(=O)c3C2)nn1. The molecular formula is C16H21F2N7O5S. The van der Waals surface area contributed by atoms with E-state index in [4.69, 9.17) is 5.14 Å². The number of H-pyrrole nitrogens is 2. The zero-order valence-corrected chi connectivity index (χ0v) is 17.1. The van der Waals surface area contributed by atoms with Crippen LogP contribution in [0.2, 0.25) is 0 Å². The molecule has 0 bridgehead atoms. The number of carbonyl (C=O) groups is 1. The molecule has 2 aromatic rings. The first-order valence-corrected chi connectivity index (χ1v) is 11.1. The number of nitrogens with zero attached hydrogens (tertiary/aromatic N) is 4. The Morgan fingerprint density at radius 3 is 2.74 bits per heavy atom. The molecule has 0 fully saturated rings. The number of fused-ring (bicyclic) bond motifs is 1. The monoisotopic (exact) mass is 461 g/mol. The molecule has 2 aromatic heterocycles. The molecule has 12 nitrogen and oxygen atoms in total. The lowest BCUT2D eigenvalue weighted by atomic mass is 10.1. The van der Waals surface area contributed by atoms with Crippen LogP contribution in [0.1, 0.15) is 29.8 Å². The molecule has 1 aliphatic rings. The maximum Gasteiger partial charge on any atom is 0.326 e. The van der Waals surface area contributed by atoms with E-state index in [2.05, 4.69) is 15.3 Å². The average Bonchev–Trinajstić information content (AvgIpc) is 3.12. The highest BCUT2D eigenvalue weighted by Gasteiger charge is 2.43. The topological polar surface area (TPSA) is 177 Å². The van der Waals surface area contributed by atoms with Gasteiger partial charge in [-0.3, -0.25) is 19.3 Å². The van der Waals surface area contributed by atoms with Crippen molar-refractivity contribution in [2.45, 2.75) is 44.7 Å². The summed E-state index contributed by atoms with van der Waals surface area (Å²) >= 11 is 0. The van der Waals surface area contributed by atoms with Gasteiger partial charge in [-0.25, -0.2) is 18.4 Å². The van der Waals surface area contributed by atoms with E-state index in [1.54, 1.807) is 0 Å². The quantitative estimate of drug-likeness (QED) is 0.428. The Morgan fingerprint density at radius 1 is 1.29 bits per heavy atom. The van der Waals surface area contributed by atoms with Crippen molar-refractivity contribution in [2.75, 3.05) is 12.3 Å². The van der Waals surface area contributed by atoms with Gasteiger partial charge in [-0.1, -0.05) is 5.21 Å². The van der Waals surface area contributed by atoms with Gasteiger partial charge in [0.05, 0.1) is 23.6 Å². The first-order chi connectivity index (χ1) is 14.4. The smallest absolute Gasteiger partial charge is 0.326 e. The molecule has 0 aromatic carbocycles. The van der Waals surface area contributed by atoms with Gasteiger partial charge in [0.25, 0.3) is 11.5 Å². The van der Waals surface area contributed by atoms with E-state index in [9.17, 15) is 31.6 Å². The van der Waals surface area contributed by atoms with Gasteiger partial charge in [0, 0.05) is 37.8 Å². The Balaban J connectivity index is 1.58. The summed E-state index contributed by atoms with van der Waals surface area (Å²) in [7, 11) is -3.60. The van der Waals surface area contributed by atoms with E-state index in [-0.39, 0.29) is 50.2 Å². The highest BCUT2D eigenvalue weighted by molar-refractivity contribution is 7.89. The van der Waals surface area contributed by atoms with Crippen molar-refractivity contribution in [3.63, 3.8) is 0 Å². The molecule has 0 spiro atoms. The maximum absolute atomic E-state index is 14.5. The Hall–Kier alpha value is -2.94. The summed E-state index contributed by atoms with van der Waals surface area (Å²) in [6.45, 7) is -0.676. The maximum atomic E-state index is 14.5. The molecule has 3 heterocycles. The number of alkyl halides is 2. The van der Waals surface area contributed by atoms with Crippen molar-refractivity contribution in [1.82, 2.24) is 29.9 Å². The first kappa shape index (κ1) is 22.7. The Kier molecular flexibility index (Phi) is 6.35. The molecule has 0 saturated heterocycles. The van der Waals surface area contributed by atoms with Crippen LogP contribution in [0.5, 0.6) is 0 Å². The van der Waals surface area contributed by atoms with Gasteiger partial charge in [0.15, 0.2) is 0 Å². The fourth-order valence-corrected chi connectivity index (χ4v) is 3.79. The number of aromatic nitrogens is 5. The number of halogens is 2. The summed E-state index contributed by atoms with van der Waals surface area (Å²) in [5, 5.41) is 12.4. The van der Waals surface area contributed by atoms with Gasteiger partial charge in [0.2, 0.25) is 10.0 Å². The number of carbonyl (C=O) groups excluding carboxylic acids is 1. The second-order valence-electron chi connectivity index (χ2n) is 7.24. The highest BCUT2D eigenvalue weighted by Crippen LogP contribution is 2.25. The van der Waals surface area contributed by atoms with Gasteiger partial charge >= 0.3 is 11.6 Å². The average molecular weight is 461 g/mol. The van der Waals surface area contributed by atoms with E-state index in [0.717, 1.165) is 9.58 Å². The van der Waals surface area contributed by atoms with Crippen LogP contribution < -0.4 is 16.4 Å². The van der Waals surface area contributed by atoms with Gasteiger partial charge in [-0.2, -0.15) is 8.78 Å². The number of nitrogens with one attached hydrogen (secondary N) is 2. The lowest BCUT2D eigenvalue weighted by Crippen LogP contribution is -2.48. The lowest BCUT2D eigenvalue weighted by molar-refractivity contribution is -0.159. The zero-order chi connectivity index (χ0) is 22.8. The molecule has 0 atom stereocenters. The van der Waals surface area contributed by atoms with Gasteiger partial charge in [-0.15, -0.1) is 5.10 Å². The number of aromatic amines is 2. The predicted octanol–water partition coefficient (Wildman–Crippen LogP) is -1.51. The summed E-state index contributed by atoms with van der Waals surface area (Å²) in [4.78, 5) is 40.9. The summed E-state index contributed by atoms with van der Waals surface area (Å²) < 4.78 is 52.0. The van der Waals surface area contributed by atoms with Crippen molar-refractivity contribution in [3.05, 3.63) is 44.0 Å². The van der Waals surface area contributed by atoms with Crippen molar-refractivity contribution < 1.29 is 22.0 Å². The Bertz CT molecular complexity index is 1190. The molecule has 170 valence electrons. The summed E-state index contributed by atoms with van der Waals surface area (Å²) in [6, 6.07) is 0. The van der Waals surface area contributed by atoms with Crippen molar-refractivity contribution in [2.24, 2.45) is 5.14 Å². The van der Waals surface area contributed by atoms with E-state index in [1.807, 2.05) is 4.98 Å². The number of nitrogens with two attached hydrogens (primary N) is 1. The summed E-state index contributed by atoms with van der Waals surface area (Å²) in [6.07, 6.45) is 1.12. The van der Waals surface area contributed by atoms with E-state index < -0.39 is 39.5 Å². The molecule has 0 radical (unpaired) electrons. The highest BCUT2D eigenvalue weighted by atomic mass is 32.2. The number of aryl methyl sites for hydroxylation is 2. The third-order valence-corrected chi connectivity index (χ3v) is 5.67. The van der Waals surface area contributed by atoms with Crippen LogP contribution in [-0.2, 0) is 40.7 Å². The Morgan fingerprint density at radius 2 is 2.03 bits per heavy atom. The standard InChI is InChI=1S/C16H21F2N7O5S/c17-16(18,4-6-25-8-10(22-23-25)2-1-7-31(19,29)30)14(27)24-5-3-12-11(9-24)13(26)21-15(28)20-12/h8H,1-7,9H2,(H2,19,29,30)(H2,20,21,26,28). The fourth-order valence-electron chi connectivity index (χ4n) is 3.24. The fraction of sp³-hybridized carbons (Fsp3) is 0.562. The molecule has 31 heavy (non-hydrogen) atoms. The van der Waals surface area contributed by atoms with Crippen LogP contribution in [0, 0.1) is 0 Å². The number of hydrogen-bond donors (Lipinski definition) is 3. The van der Waals surface area contributed by atoms with Crippen LogP contribution in [0.15, 0.2) is 15.8 Å². The third kappa shape index (κ3) is 5.81. The molecule has 4 N–H and O–H groups in total. The third-order valence-electron chi connectivity index (χ3n) is 4.81. The normalized spacial score (nSPS) is 14.5. The van der Waals surface area contributed by atoms with Crippen LogP contribution in [0.25, 0.3) is 0 Å². The van der Waals surface area contributed by atoms with E-state index in [1.165, 1.54) is 6.20 Å². The second kappa shape index (κ2) is 8.66. The van der Waals surface area contributed by atoms with Gasteiger partial charge < -0.3 is 9.88 Å². The van der Waals surface area contributed by atoms with E-state index in [0.29, 0.717) is 11.4 Å². The molecule has 1 aliphatic heterocycles. The second-order valence-corrected chi connectivity index (χ2v) is 8.97. The predicted molar refractivity (Wildman–Crippen MR) is 103 cm³/mol. The number of hydrogen-bond acceptors (Lipinski definition) is 7. The summed E-state index contributed by atoms with van der Waals surface area (Å²) in [5.74, 6) is -5.36. The van der Waals surface area contributed by atoms with Crippen molar-refractivity contribution in [1.29, 1.82) is 0 Å². The number of sulfonamides is 1. The first-order valence-electron chi connectivity index (χ1n) is 9.36. The van der Waals surface area contributed by atoms with Crippen LogP contribution in [0.3, 0.4) is 0 Å². The lowest BCUT2D eigenvalue weighted by Gasteiger charge is -2.30. The molecule has 1 amide bonds. The number of amides is 1. The molecule has 0 saturated carbocycles. The minimum absolute atomic E-state index is 0.0572. The largest absolute Gasteiger partial charge is 0.332 e. The van der Waals surface area contributed by atoms with Crippen LogP contribution >= 0.6 is 0 Å². The number of rotatable bonds is 8.